The van der Waals surface area contributed by atoms with Gasteiger partial charge in [-0.1, -0.05) is 31.0 Å². The van der Waals surface area contributed by atoms with Crippen LogP contribution >= 0.6 is 11.8 Å². The number of tetrazole rings is 1. The van der Waals surface area contributed by atoms with Crippen LogP contribution in [0, 0.1) is 0 Å². The van der Waals surface area contributed by atoms with E-state index < -0.39 is 0 Å². The molecule has 0 spiro atoms. The molecule has 0 atom stereocenters. The third kappa shape index (κ3) is 4.25. The Balaban J connectivity index is 1.61. The summed E-state index contributed by atoms with van der Waals surface area (Å²) in [7, 11) is 0. The Morgan fingerprint density at radius 2 is 1.75 bits per heavy atom. The Hall–Kier alpha value is -2.09. The highest BCUT2D eigenvalue weighted by molar-refractivity contribution is 7.99. The molecule has 1 aliphatic rings. The van der Waals surface area contributed by atoms with Crippen molar-refractivity contribution in [3.05, 3.63) is 24.3 Å². The number of hydrogen-bond donors (Lipinski definition) is 1. The Labute approximate surface area is 145 Å². The third-order valence-electron chi connectivity index (χ3n) is 4.07. The van der Waals surface area contributed by atoms with Gasteiger partial charge >= 0.3 is 0 Å². The second-order valence-electron chi connectivity index (χ2n) is 5.83. The normalized spacial score (nSPS) is 15.8. The van der Waals surface area contributed by atoms with Crippen molar-refractivity contribution < 1.29 is 9.90 Å². The van der Waals surface area contributed by atoms with Crippen molar-refractivity contribution in [2.45, 2.75) is 37.3 Å². The van der Waals surface area contributed by atoms with Gasteiger partial charge in [0.1, 0.15) is 5.75 Å². The van der Waals surface area contributed by atoms with Crippen LogP contribution in [0.25, 0.3) is 5.69 Å². The number of hydrogen-bond acceptors (Lipinski definition) is 6. The van der Waals surface area contributed by atoms with Crippen LogP contribution in [0.5, 0.6) is 5.75 Å². The molecular formula is C16H21N5O2S. The van der Waals surface area contributed by atoms with Gasteiger partial charge in [-0.2, -0.15) is 4.68 Å². The molecule has 0 unspecified atom stereocenters. The molecule has 128 valence electrons. The third-order valence-corrected chi connectivity index (χ3v) is 4.97. The molecule has 2 heterocycles. The molecule has 1 fully saturated rings. The highest BCUT2D eigenvalue weighted by Gasteiger charge is 2.17. The SMILES string of the molecule is O=C(CSc1nnnn1-c1ccc(O)cc1)N1CCCCCCC1. The number of carbonyl (C=O) groups is 1. The molecule has 0 saturated carbocycles. The summed E-state index contributed by atoms with van der Waals surface area (Å²) in [5.74, 6) is 0.661. The average molecular weight is 347 g/mol. The van der Waals surface area contributed by atoms with Crippen LogP contribution in [0.15, 0.2) is 29.4 Å². The average Bonchev–Trinajstić information content (AvgIpc) is 3.01. The first-order valence-corrected chi connectivity index (χ1v) is 9.21. The molecule has 2 aromatic rings. The first-order chi connectivity index (χ1) is 11.7. The molecule has 1 aromatic carbocycles. The van der Waals surface area contributed by atoms with Gasteiger partial charge in [0, 0.05) is 13.1 Å². The lowest BCUT2D eigenvalue weighted by Crippen LogP contribution is -2.35. The number of aromatic nitrogens is 4. The largest absolute Gasteiger partial charge is 0.508 e. The maximum atomic E-state index is 12.4. The van der Waals surface area contributed by atoms with Crippen LogP contribution in [-0.2, 0) is 4.79 Å². The maximum Gasteiger partial charge on any atom is 0.233 e. The van der Waals surface area contributed by atoms with E-state index in [0.29, 0.717) is 10.9 Å². The zero-order valence-corrected chi connectivity index (χ0v) is 14.3. The smallest absolute Gasteiger partial charge is 0.233 e. The van der Waals surface area contributed by atoms with Crippen molar-refractivity contribution in [1.29, 1.82) is 0 Å². The van der Waals surface area contributed by atoms with Crippen molar-refractivity contribution in [2.75, 3.05) is 18.8 Å². The van der Waals surface area contributed by atoms with Crippen LogP contribution in [0.4, 0.5) is 0 Å². The van der Waals surface area contributed by atoms with Gasteiger partial charge in [-0.15, -0.1) is 5.10 Å². The molecule has 1 saturated heterocycles. The Kier molecular flexibility index (Phi) is 5.68. The van der Waals surface area contributed by atoms with Gasteiger partial charge in [0.25, 0.3) is 0 Å². The summed E-state index contributed by atoms with van der Waals surface area (Å²) in [6.07, 6.45) is 5.85. The predicted octanol–water partition coefficient (Wildman–Crippen LogP) is 2.25. The lowest BCUT2D eigenvalue weighted by atomic mass is 10.1. The van der Waals surface area contributed by atoms with Gasteiger partial charge in [-0.3, -0.25) is 4.79 Å². The van der Waals surface area contributed by atoms with Crippen LogP contribution in [-0.4, -0.2) is 55.0 Å². The number of carbonyl (C=O) groups excluding carboxylic acids is 1. The van der Waals surface area contributed by atoms with E-state index in [2.05, 4.69) is 15.5 Å². The van der Waals surface area contributed by atoms with E-state index in [-0.39, 0.29) is 11.7 Å². The fraction of sp³-hybridized carbons (Fsp3) is 0.500. The lowest BCUT2D eigenvalue weighted by Gasteiger charge is -2.24. The van der Waals surface area contributed by atoms with Crippen LogP contribution < -0.4 is 0 Å². The molecule has 0 bridgehead atoms. The molecule has 24 heavy (non-hydrogen) atoms. The highest BCUT2D eigenvalue weighted by Crippen LogP contribution is 2.21. The van der Waals surface area contributed by atoms with Gasteiger partial charge in [0.15, 0.2) is 0 Å². The number of likely N-dealkylation sites (tertiary alicyclic amines) is 1. The minimum absolute atomic E-state index is 0.141. The number of benzene rings is 1. The molecule has 1 N–H and O–H groups in total. The first-order valence-electron chi connectivity index (χ1n) is 8.22. The number of thioether (sulfide) groups is 1. The van der Waals surface area contributed by atoms with Crippen LogP contribution in [0.1, 0.15) is 32.1 Å². The Morgan fingerprint density at radius 1 is 1.08 bits per heavy atom. The van der Waals surface area contributed by atoms with E-state index >= 15 is 0 Å². The number of aromatic hydroxyl groups is 1. The van der Waals surface area contributed by atoms with Crippen molar-refractivity contribution >= 4 is 17.7 Å². The molecule has 0 radical (unpaired) electrons. The van der Waals surface area contributed by atoms with Crippen molar-refractivity contribution in [3.8, 4) is 11.4 Å². The van der Waals surface area contributed by atoms with Crippen molar-refractivity contribution in [2.24, 2.45) is 0 Å². The number of phenols is 1. The second kappa shape index (κ2) is 8.14. The number of nitrogens with zero attached hydrogens (tertiary/aromatic N) is 5. The van der Waals surface area contributed by atoms with Gasteiger partial charge in [-0.25, -0.2) is 0 Å². The summed E-state index contributed by atoms with van der Waals surface area (Å²) < 4.78 is 1.57. The highest BCUT2D eigenvalue weighted by atomic mass is 32.2. The number of amides is 1. The zero-order chi connectivity index (χ0) is 16.8. The molecule has 3 rings (SSSR count). The fourth-order valence-electron chi connectivity index (χ4n) is 2.74. The van der Waals surface area contributed by atoms with Crippen LogP contribution in [0.3, 0.4) is 0 Å². The lowest BCUT2D eigenvalue weighted by molar-refractivity contribution is -0.128. The Morgan fingerprint density at radius 3 is 2.46 bits per heavy atom. The van der Waals surface area contributed by atoms with E-state index in [1.165, 1.54) is 31.0 Å². The fourth-order valence-corrected chi connectivity index (χ4v) is 3.53. The Bertz CT molecular complexity index is 665. The maximum absolute atomic E-state index is 12.4. The summed E-state index contributed by atoms with van der Waals surface area (Å²) >= 11 is 1.34. The summed E-state index contributed by atoms with van der Waals surface area (Å²) in [4.78, 5) is 14.4. The van der Waals surface area contributed by atoms with Crippen molar-refractivity contribution in [3.63, 3.8) is 0 Å². The topological polar surface area (TPSA) is 84.1 Å². The molecule has 1 amide bonds. The van der Waals surface area contributed by atoms with E-state index in [0.717, 1.165) is 31.6 Å². The van der Waals surface area contributed by atoms with Crippen molar-refractivity contribution in [1.82, 2.24) is 25.1 Å². The summed E-state index contributed by atoms with van der Waals surface area (Å²) in [6.45, 7) is 1.70. The second-order valence-corrected chi connectivity index (χ2v) is 6.77. The van der Waals surface area contributed by atoms with E-state index in [1.54, 1.807) is 28.9 Å². The molecule has 7 nitrogen and oxygen atoms in total. The van der Waals surface area contributed by atoms with E-state index in [1.807, 2.05) is 4.90 Å². The summed E-state index contributed by atoms with van der Waals surface area (Å²) in [5, 5.41) is 21.6. The summed E-state index contributed by atoms with van der Waals surface area (Å²) in [5.41, 5.74) is 0.749. The monoisotopic (exact) mass is 347 g/mol. The number of phenolic OH excluding ortho intramolecular Hbond substituents is 1. The van der Waals surface area contributed by atoms with E-state index in [4.69, 9.17) is 0 Å². The standard InChI is InChI=1S/C16H21N5O2S/c22-14-8-6-13(7-9-14)21-16(17-18-19-21)24-12-15(23)20-10-4-2-1-3-5-11-20/h6-9,22H,1-5,10-12H2. The predicted molar refractivity (Wildman–Crippen MR) is 91.2 cm³/mol. The quantitative estimate of drug-likeness (QED) is 0.854. The van der Waals surface area contributed by atoms with Gasteiger partial charge in [0.05, 0.1) is 11.4 Å². The molecule has 1 aliphatic heterocycles. The minimum atomic E-state index is 0.141. The van der Waals surface area contributed by atoms with E-state index in [9.17, 15) is 9.90 Å². The molecule has 1 aromatic heterocycles. The molecule has 8 heteroatoms. The number of rotatable bonds is 4. The summed E-state index contributed by atoms with van der Waals surface area (Å²) in [6, 6.07) is 6.62. The van der Waals surface area contributed by atoms with Gasteiger partial charge in [0.2, 0.25) is 11.1 Å². The molecule has 0 aliphatic carbocycles. The van der Waals surface area contributed by atoms with Crippen LogP contribution in [0.2, 0.25) is 0 Å². The minimum Gasteiger partial charge on any atom is -0.508 e. The first kappa shape index (κ1) is 16.8. The molecular weight excluding hydrogens is 326 g/mol. The zero-order valence-electron chi connectivity index (χ0n) is 13.5. The van der Waals surface area contributed by atoms with Gasteiger partial charge < -0.3 is 10.0 Å². The van der Waals surface area contributed by atoms with Gasteiger partial charge in [-0.05, 0) is 47.5 Å².